The van der Waals surface area contributed by atoms with Gasteiger partial charge in [-0.3, -0.25) is 4.79 Å². The molecule has 5 rings (SSSR count). The fourth-order valence-electron chi connectivity index (χ4n) is 3.70. The van der Waals surface area contributed by atoms with Crippen LogP contribution in [-0.4, -0.2) is 38.5 Å². The number of nitrogens with zero attached hydrogens (tertiary/aromatic N) is 5. The molecule has 0 spiro atoms. The predicted octanol–water partition coefficient (Wildman–Crippen LogP) is 4.23. The third-order valence-electron chi connectivity index (χ3n) is 5.36. The van der Waals surface area contributed by atoms with E-state index in [4.69, 9.17) is 21.6 Å². The number of fused-ring (bicyclic) bond motifs is 2. The third-order valence-corrected chi connectivity index (χ3v) is 5.57. The molecule has 1 saturated heterocycles. The summed E-state index contributed by atoms with van der Waals surface area (Å²) >= 11 is 5.95. The maximum absolute atomic E-state index is 12.8. The molecular formula is C22H16ClN5O2. The first-order chi connectivity index (χ1) is 14.5. The molecule has 4 aromatic rings. The van der Waals surface area contributed by atoms with E-state index < -0.39 is 0 Å². The van der Waals surface area contributed by atoms with Gasteiger partial charge in [-0.2, -0.15) is 10.4 Å². The number of aryl methyl sites for hydroxylation is 1. The molecule has 4 heterocycles. The number of halogens is 1. The summed E-state index contributed by atoms with van der Waals surface area (Å²) in [5, 5.41) is 15.6. The first kappa shape index (κ1) is 18.4. The van der Waals surface area contributed by atoms with E-state index in [-0.39, 0.29) is 11.8 Å². The number of likely N-dealkylation sites (tertiary alicyclic amines) is 1. The van der Waals surface area contributed by atoms with Crippen molar-refractivity contribution >= 4 is 33.8 Å². The highest BCUT2D eigenvalue weighted by atomic mass is 35.5. The van der Waals surface area contributed by atoms with Gasteiger partial charge in [-0.25, -0.2) is 9.50 Å². The molecular weight excluding hydrogens is 402 g/mol. The number of ether oxygens (including phenoxy) is 1. The van der Waals surface area contributed by atoms with E-state index in [1.807, 2.05) is 25.1 Å². The Labute approximate surface area is 177 Å². The van der Waals surface area contributed by atoms with Crippen molar-refractivity contribution in [3.05, 3.63) is 65.2 Å². The molecule has 0 radical (unpaired) electrons. The van der Waals surface area contributed by atoms with Gasteiger partial charge in [0.2, 0.25) is 0 Å². The van der Waals surface area contributed by atoms with Gasteiger partial charge >= 0.3 is 0 Å². The van der Waals surface area contributed by atoms with Crippen LogP contribution in [-0.2, 0) is 0 Å². The number of pyridine rings is 1. The number of carbonyl (C=O) groups is 1. The fraction of sp³-hybridized carbons (Fsp3) is 0.182. The summed E-state index contributed by atoms with van der Waals surface area (Å²) in [6, 6.07) is 11.4. The van der Waals surface area contributed by atoms with Crippen LogP contribution in [0.15, 0.2) is 48.9 Å². The number of amides is 1. The topological polar surface area (TPSA) is 83.5 Å². The maximum Gasteiger partial charge on any atom is 0.255 e. The van der Waals surface area contributed by atoms with E-state index in [0.29, 0.717) is 35.3 Å². The second kappa shape index (κ2) is 7.01. The highest BCUT2D eigenvalue weighted by Gasteiger charge is 2.32. The standard InChI is InChI=1S/C22H16ClN5O2/c1-13-18(22(29)27-10-14(8-24)11-27)12-28-21(13)19(4-5-26-28)30-17-3-2-15-7-20(23)25-9-16(15)6-17/h2-7,9,12,14H,10-11H2,1H3. The molecule has 0 N–H and O–H groups in total. The van der Waals surface area contributed by atoms with E-state index in [2.05, 4.69) is 16.2 Å². The molecule has 1 amide bonds. The van der Waals surface area contributed by atoms with Crippen molar-refractivity contribution in [2.24, 2.45) is 5.92 Å². The van der Waals surface area contributed by atoms with Crippen molar-refractivity contribution in [1.82, 2.24) is 19.5 Å². The molecule has 148 valence electrons. The van der Waals surface area contributed by atoms with E-state index in [1.54, 1.807) is 40.1 Å². The zero-order valence-corrected chi connectivity index (χ0v) is 16.8. The highest BCUT2D eigenvalue weighted by Crippen LogP contribution is 2.32. The molecule has 1 fully saturated rings. The number of hydrogen-bond donors (Lipinski definition) is 0. The normalized spacial score (nSPS) is 14.0. The van der Waals surface area contributed by atoms with Gasteiger partial charge in [-0.05, 0) is 36.1 Å². The number of benzene rings is 1. The first-order valence-electron chi connectivity index (χ1n) is 9.42. The van der Waals surface area contributed by atoms with Gasteiger partial charge in [-0.15, -0.1) is 0 Å². The number of hydrogen-bond acceptors (Lipinski definition) is 5. The van der Waals surface area contributed by atoms with Crippen LogP contribution in [0.25, 0.3) is 16.3 Å². The lowest BCUT2D eigenvalue weighted by Gasteiger charge is -2.35. The molecule has 0 atom stereocenters. The van der Waals surface area contributed by atoms with Gasteiger partial charge in [-0.1, -0.05) is 17.7 Å². The third kappa shape index (κ3) is 3.02. The summed E-state index contributed by atoms with van der Waals surface area (Å²) in [6.07, 6.45) is 5.05. The molecule has 8 heteroatoms. The van der Waals surface area contributed by atoms with Crippen molar-refractivity contribution in [2.75, 3.05) is 13.1 Å². The van der Waals surface area contributed by atoms with Crippen LogP contribution in [0.4, 0.5) is 0 Å². The lowest BCUT2D eigenvalue weighted by molar-refractivity contribution is 0.0576. The Balaban J connectivity index is 1.49. The average Bonchev–Trinajstić information content (AvgIpc) is 3.05. The van der Waals surface area contributed by atoms with Crippen LogP contribution in [0.1, 0.15) is 15.9 Å². The van der Waals surface area contributed by atoms with Gasteiger partial charge in [0.15, 0.2) is 5.75 Å². The van der Waals surface area contributed by atoms with Crippen molar-refractivity contribution < 1.29 is 9.53 Å². The average molecular weight is 418 g/mol. The summed E-state index contributed by atoms with van der Waals surface area (Å²) in [5.41, 5.74) is 2.08. The van der Waals surface area contributed by atoms with Gasteiger partial charge in [0.05, 0.1) is 23.7 Å². The molecule has 0 unspecified atom stereocenters. The van der Waals surface area contributed by atoms with Crippen LogP contribution in [0, 0.1) is 24.2 Å². The highest BCUT2D eigenvalue weighted by molar-refractivity contribution is 6.30. The van der Waals surface area contributed by atoms with Crippen molar-refractivity contribution in [3.63, 3.8) is 0 Å². The van der Waals surface area contributed by atoms with E-state index >= 15 is 0 Å². The molecule has 3 aromatic heterocycles. The van der Waals surface area contributed by atoms with Gasteiger partial charge in [0, 0.05) is 36.9 Å². The minimum atomic E-state index is -0.0934. The first-order valence-corrected chi connectivity index (χ1v) is 9.80. The lowest BCUT2D eigenvalue weighted by Crippen LogP contribution is -2.49. The summed E-state index contributed by atoms with van der Waals surface area (Å²) in [6.45, 7) is 2.81. The Morgan fingerprint density at radius 2 is 2.10 bits per heavy atom. The molecule has 0 aliphatic carbocycles. The van der Waals surface area contributed by atoms with Crippen LogP contribution < -0.4 is 4.74 Å². The Morgan fingerprint density at radius 1 is 1.27 bits per heavy atom. The minimum absolute atomic E-state index is 0.0828. The molecule has 1 aromatic carbocycles. The Morgan fingerprint density at radius 3 is 2.90 bits per heavy atom. The molecule has 1 aliphatic rings. The minimum Gasteiger partial charge on any atom is -0.455 e. The second-order valence-corrected chi connectivity index (χ2v) is 7.70. The number of nitriles is 1. The summed E-state index contributed by atoms with van der Waals surface area (Å²) in [4.78, 5) is 18.6. The Hall–Kier alpha value is -3.63. The van der Waals surface area contributed by atoms with Crippen LogP contribution in [0.5, 0.6) is 11.5 Å². The van der Waals surface area contributed by atoms with Crippen molar-refractivity contribution in [1.29, 1.82) is 5.26 Å². The number of aromatic nitrogens is 3. The smallest absolute Gasteiger partial charge is 0.255 e. The Bertz CT molecular complexity index is 1350. The monoisotopic (exact) mass is 417 g/mol. The summed E-state index contributed by atoms with van der Waals surface area (Å²) in [7, 11) is 0. The molecule has 7 nitrogen and oxygen atoms in total. The zero-order chi connectivity index (χ0) is 20.8. The van der Waals surface area contributed by atoms with E-state index in [1.165, 1.54) is 0 Å². The van der Waals surface area contributed by atoms with E-state index in [0.717, 1.165) is 21.9 Å². The largest absolute Gasteiger partial charge is 0.455 e. The Kier molecular flexibility index (Phi) is 4.30. The van der Waals surface area contributed by atoms with Gasteiger partial charge in [0.1, 0.15) is 16.4 Å². The quantitative estimate of drug-likeness (QED) is 0.466. The molecule has 0 bridgehead atoms. The number of carbonyl (C=O) groups excluding carboxylic acids is 1. The van der Waals surface area contributed by atoms with Crippen LogP contribution in [0.2, 0.25) is 5.15 Å². The SMILES string of the molecule is Cc1c(C(=O)N2CC(C#N)C2)cn2nccc(Oc3ccc4cc(Cl)ncc4c3)c12. The lowest BCUT2D eigenvalue weighted by atomic mass is 10.0. The van der Waals surface area contributed by atoms with Gasteiger partial charge < -0.3 is 9.64 Å². The van der Waals surface area contributed by atoms with Gasteiger partial charge in [0.25, 0.3) is 5.91 Å². The summed E-state index contributed by atoms with van der Waals surface area (Å²) < 4.78 is 7.80. The zero-order valence-electron chi connectivity index (χ0n) is 16.0. The van der Waals surface area contributed by atoms with Crippen molar-refractivity contribution in [2.45, 2.75) is 6.92 Å². The summed E-state index contributed by atoms with van der Waals surface area (Å²) in [5.74, 6) is 1.07. The predicted molar refractivity (Wildman–Crippen MR) is 112 cm³/mol. The van der Waals surface area contributed by atoms with Crippen LogP contribution >= 0.6 is 11.6 Å². The molecule has 0 saturated carbocycles. The molecule has 30 heavy (non-hydrogen) atoms. The fourth-order valence-corrected chi connectivity index (χ4v) is 3.87. The van der Waals surface area contributed by atoms with Crippen LogP contribution in [0.3, 0.4) is 0 Å². The van der Waals surface area contributed by atoms with Crippen molar-refractivity contribution in [3.8, 4) is 17.6 Å². The maximum atomic E-state index is 12.8. The number of rotatable bonds is 3. The molecule has 1 aliphatic heterocycles. The van der Waals surface area contributed by atoms with E-state index in [9.17, 15) is 4.79 Å². The second-order valence-electron chi connectivity index (χ2n) is 7.31.